The first-order valence-corrected chi connectivity index (χ1v) is 8.60. The van der Waals surface area contributed by atoms with Gasteiger partial charge in [-0.25, -0.2) is 0 Å². The number of rotatable bonds is 5. The fourth-order valence-corrected chi connectivity index (χ4v) is 2.98. The monoisotopic (exact) mass is 353 g/mol. The molecule has 1 N–H and O–H groups in total. The number of benzene rings is 1. The molecule has 1 saturated heterocycles. The van der Waals surface area contributed by atoms with E-state index >= 15 is 0 Å². The van der Waals surface area contributed by atoms with Crippen molar-refractivity contribution >= 4 is 17.6 Å². The first kappa shape index (κ1) is 17.9. The van der Waals surface area contributed by atoms with E-state index in [1.807, 2.05) is 48.3 Å². The summed E-state index contributed by atoms with van der Waals surface area (Å²) in [4.78, 5) is 27.7. The number of carbonyl (C=O) groups excluding carboxylic acids is 2. The van der Waals surface area contributed by atoms with Crippen LogP contribution >= 0.6 is 0 Å². The largest absolute Gasteiger partial charge is 0.337 e. The van der Waals surface area contributed by atoms with Gasteiger partial charge in [0, 0.05) is 44.9 Å². The van der Waals surface area contributed by atoms with Crippen LogP contribution in [0.1, 0.15) is 0 Å². The Morgan fingerprint density at radius 2 is 1.88 bits per heavy atom. The molecule has 1 aliphatic rings. The lowest BCUT2D eigenvalue weighted by Crippen LogP contribution is -2.50. The lowest BCUT2D eigenvalue weighted by Gasteiger charge is -2.33. The average Bonchev–Trinajstić information content (AvgIpc) is 3.03. The number of nitrogens with zero attached hydrogens (tertiary/aromatic N) is 4. The molecule has 0 atom stereocenters. The smallest absolute Gasteiger partial charge is 0.246 e. The predicted octanol–water partition coefficient (Wildman–Crippen LogP) is 1.36. The van der Waals surface area contributed by atoms with Crippen molar-refractivity contribution in [3.05, 3.63) is 49.1 Å². The van der Waals surface area contributed by atoms with Gasteiger partial charge in [-0.15, -0.1) is 0 Å². The first-order chi connectivity index (χ1) is 12.6. The van der Waals surface area contributed by atoms with E-state index in [1.165, 1.54) is 6.08 Å². The number of piperazine rings is 1. The zero-order valence-corrected chi connectivity index (χ0v) is 14.9. The maximum absolute atomic E-state index is 12.4. The van der Waals surface area contributed by atoms with Crippen molar-refractivity contribution in [3.8, 4) is 11.3 Å². The van der Waals surface area contributed by atoms with Crippen LogP contribution in [0.15, 0.2) is 49.1 Å². The molecule has 1 aromatic heterocycles. The van der Waals surface area contributed by atoms with Crippen LogP contribution in [-0.4, -0.2) is 64.1 Å². The molecule has 0 bridgehead atoms. The zero-order chi connectivity index (χ0) is 18.5. The van der Waals surface area contributed by atoms with Crippen molar-refractivity contribution in [2.75, 3.05) is 38.0 Å². The normalized spacial score (nSPS) is 14.9. The minimum absolute atomic E-state index is 0.0579. The number of hydrogen-bond donors (Lipinski definition) is 1. The van der Waals surface area contributed by atoms with Crippen molar-refractivity contribution in [1.82, 2.24) is 19.6 Å². The Labute approximate surface area is 152 Å². The highest BCUT2D eigenvalue weighted by atomic mass is 16.2. The molecule has 1 aliphatic heterocycles. The number of aromatic nitrogens is 2. The van der Waals surface area contributed by atoms with Crippen molar-refractivity contribution in [2.24, 2.45) is 7.05 Å². The standard InChI is InChI=1S/C19H23N5O2/c1-3-19(26)24-11-9-23(10-12-24)14-18(25)20-17-13-16(21-22(17)2)15-7-5-4-6-8-15/h3-8,13H,1,9-12,14H2,2H3,(H,20,25). The number of aryl methyl sites for hydroxylation is 1. The summed E-state index contributed by atoms with van der Waals surface area (Å²) in [5.74, 6) is 0.517. The van der Waals surface area contributed by atoms with Crippen LogP contribution < -0.4 is 5.32 Å². The van der Waals surface area contributed by atoms with E-state index in [0.717, 1.165) is 11.3 Å². The topological polar surface area (TPSA) is 70.5 Å². The van der Waals surface area contributed by atoms with E-state index in [4.69, 9.17) is 0 Å². The number of carbonyl (C=O) groups is 2. The van der Waals surface area contributed by atoms with Crippen molar-refractivity contribution in [1.29, 1.82) is 0 Å². The van der Waals surface area contributed by atoms with E-state index < -0.39 is 0 Å². The minimum atomic E-state index is -0.0869. The highest BCUT2D eigenvalue weighted by Crippen LogP contribution is 2.20. The van der Waals surface area contributed by atoms with Gasteiger partial charge in [0.1, 0.15) is 5.82 Å². The Bertz CT molecular complexity index is 792. The summed E-state index contributed by atoms with van der Waals surface area (Å²) < 4.78 is 1.67. The summed E-state index contributed by atoms with van der Waals surface area (Å²) in [5, 5.41) is 7.37. The summed E-state index contributed by atoms with van der Waals surface area (Å²) in [6.45, 7) is 6.37. The molecule has 0 radical (unpaired) electrons. The second-order valence-corrected chi connectivity index (χ2v) is 6.26. The van der Waals surface area contributed by atoms with E-state index in [-0.39, 0.29) is 11.8 Å². The SMILES string of the molecule is C=CC(=O)N1CCN(CC(=O)Nc2cc(-c3ccccc3)nn2C)CC1. The summed E-state index contributed by atoms with van der Waals surface area (Å²) in [7, 11) is 1.81. The third kappa shape index (κ3) is 4.18. The van der Waals surface area contributed by atoms with Gasteiger partial charge >= 0.3 is 0 Å². The third-order valence-electron chi connectivity index (χ3n) is 4.44. The van der Waals surface area contributed by atoms with Crippen LogP contribution in [-0.2, 0) is 16.6 Å². The molecule has 1 fully saturated rings. The van der Waals surface area contributed by atoms with Gasteiger partial charge < -0.3 is 10.2 Å². The van der Waals surface area contributed by atoms with Gasteiger partial charge in [0.05, 0.1) is 12.2 Å². The highest BCUT2D eigenvalue weighted by molar-refractivity contribution is 5.92. The number of anilines is 1. The highest BCUT2D eigenvalue weighted by Gasteiger charge is 2.21. The predicted molar refractivity (Wildman–Crippen MR) is 100 cm³/mol. The summed E-state index contributed by atoms with van der Waals surface area (Å²) in [5.41, 5.74) is 1.83. The summed E-state index contributed by atoms with van der Waals surface area (Å²) in [6.07, 6.45) is 1.33. The van der Waals surface area contributed by atoms with E-state index in [9.17, 15) is 9.59 Å². The van der Waals surface area contributed by atoms with Crippen LogP contribution in [0.5, 0.6) is 0 Å². The molecule has 2 amide bonds. The molecular formula is C19H23N5O2. The zero-order valence-electron chi connectivity index (χ0n) is 14.9. The fourth-order valence-electron chi connectivity index (χ4n) is 2.98. The molecule has 0 saturated carbocycles. The lowest BCUT2D eigenvalue weighted by molar-refractivity contribution is -0.128. The van der Waals surface area contributed by atoms with Gasteiger partial charge in [0.25, 0.3) is 0 Å². The molecule has 7 heteroatoms. The van der Waals surface area contributed by atoms with Crippen LogP contribution in [0.25, 0.3) is 11.3 Å². The molecule has 2 heterocycles. The molecule has 2 aromatic rings. The molecule has 0 unspecified atom stereocenters. The Balaban J connectivity index is 1.55. The quantitative estimate of drug-likeness (QED) is 0.824. The van der Waals surface area contributed by atoms with Gasteiger partial charge in [-0.2, -0.15) is 5.10 Å². The van der Waals surface area contributed by atoms with Crippen LogP contribution in [0.4, 0.5) is 5.82 Å². The Hall–Kier alpha value is -2.93. The molecular weight excluding hydrogens is 330 g/mol. The van der Waals surface area contributed by atoms with Crippen molar-refractivity contribution in [3.63, 3.8) is 0 Å². The van der Waals surface area contributed by atoms with Gasteiger partial charge in [0.15, 0.2) is 0 Å². The Kier molecular flexibility index (Phi) is 5.48. The fraction of sp³-hybridized carbons (Fsp3) is 0.316. The van der Waals surface area contributed by atoms with E-state index in [2.05, 4.69) is 17.0 Å². The molecule has 0 aliphatic carbocycles. The second kappa shape index (κ2) is 7.97. The van der Waals surface area contributed by atoms with Gasteiger partial charge in [-0.1, -0.05) is 36.9 Å². The second-order valence-electron chi connectivity index (χ2n) is 6.26. The van der Waals surface area contributed by atoms with Crippen molar-refractivity contribution in [2.45, 2.75) is 0 Å². The lowest BCUT2D eigenvalue weighted by atomic mass is 10.2. The van der Waals surface area contributed by atoms with Crippen LogP contribution in [0.3, 0.4) is 0 Å². The molecule has 7 nitrogen and oxygen atoms in total. The maximum Gasteiger partial charge on any atom is 0.246 e. The number of hydrogen-bond acceptors (Lipinski definition) is 4. The maximum atomic E-state index is 12.4. The van der Waals surface area contributed by atoms with Gasteiger partial charge in [0.2, 0.25) is 11.8 Å². The van der Waals surface area contributed by atoms with E-state index in [1.54, 1.807) is 9.58 Å². The summed E-state index contributed by atoms with van der Waals surface area (Å²) in [6, 6.07) is 11.7. The molecule has 3 rings (SSSR count). The van der Waals surface area contributed by atoms with E-state index in [0.29, 0.717) is 38.5 Å². The van der Waals surface area contributed by atoms with Crippen LogP contribution in [0.2, 0.25) is 0 Å². The molecule has 136 valence electrons. The van der Waals surface area contributed by atoms with Gasteiger partial charge in [-0.3, -0.25) is 19.2 Å². The minimum Gasteiger partial charge on any atom is -0.337 e. The molecule has 1 aromatic carbocycles. The average molecular weight is 353 g/mol. The van der Waals surface area contributed by atoms with Crippen LogP contribution in [0, 0.1) is 0 Å². The molecule has 26 heavy (non-hydrogen) atoms. The third-order valence-corrected chi connectivity index (χ3v) is 4.44. The summed E-state index contributed by atoms with van der Waals surface area (Å²) >= 11 is 0. The Morgan fingerprint density at radius 3 is 2.54 bits per heavy atom. The number of amides is 2. The van der Waals surface area contributed by atoms with Crippen molar-refractivity contribution < 1.29 is 9.59 Å². The molecule has 0 spiro atoms. The number of nitrogens with one attached hydrogen (secondary N) is 1. The van der Waals surface area contributed by atoms with Gasteiger partial charge in [-0.05, 0) is 6.08 Å². The Morgan fingerprint density at radius 1 is 1.19 bits per heavy atom. The first-order valence-electron chi connectivity index (χ1n) is 8.60.